The van der Waals surface area contributed by atoms with Crippen LogP contribution in [0.3, 0.4) is 0 Å². The van der Waals surface area contributed by atoms with E-state index in [2.05, 4.69) is 46.9 Å². The lowest BCUT2D eigenvalue weighted by molar-refractivity contribution is 0.348. The maximum Gasteiger partial charge on any atom is 0.214 e. The van der Waals surface area contributed by atoms with Gasteiger partial charge < -0.3 is 4.90 Å². The molecule has 1 aliphatic rings. The topological polar surface area (TPSA) is 73.2 Å². The van der Waals surface area contributed by atoms with Gasteiger partial charge in [0.05, 0.1) is 16.9 Å². The molecular formula is C22H27N3O2S. The molecule has 28 heavy (non-hydrogen) atoms. The summed E-state index contributed by atoms with van der Waals surface area (Å²) in [6.45, 7) is 7.99. The van der Waals surface area contributed by atoms with Gasteiger partial charge in [0, 0.05) is 25.0 Å². The van der Waals surface area contributed by atoms with Crippen molar-refractivity contribution in [3.63, 3.8) is 0 Å². The fourth-order valence-corrected chi connectivity index (χ4v) is 4.54. The van der Waals surface area contributed by atoms with Gasteiger partial charge in [0.25, 0.3) is 0 Å². The molecule has 0 bridgehead atoms. The summed E-state index contributed by atoms with van der Waals surface area (Å²) in [6.07, 6.45) is 0. The second kappa shape index (κ2) is 8.44. The van der Waals surface area contributed by atoms with Crippen molar-refractivity contribution in [2.45, 2.75) is 38.0 Å². The molecule has 0 amide bonds. The van der Waals surface area contributed by atoms with Crippen LogP contribution >= 0.6 is 0 Å². The van der Waals surface area contributed by atoms with Crippen LogP contribution in [0.5, 0.6) is 0 Å². The van der Waals surface area contributed by atoms with Crippen molar-refractivity contribution in [3.8, 4) is 17.2 Å². The molecule has 5 nitrogen and oxygen atoms in total. The number of nitrogens with one attached hydrogen (secondary N) is 1. The summed E-state index contributed by atoms with van der Waals surface area (Å²) in [5, 5.41) is 8.49. The van der Waals surface area contributed by atoms with E-state index in [4.69, 9.17) is 5.26 Å². The zero-order chi connectivity index (χ0) is 20.3. The first kappa shape index (κ1) is 20.5. The van der Waals surface area contributed by atoms with Gasteiger partial charge in [-0.1, -0.05) is 43.3 Å². The Balaban J connectivity index is 1.82. The Morgan fingerprint density at radius 1 is 1.07 bits per heavy atom. The average Bonchev–Trinajstić information content (AvgIpc) is 3.10. The third kappa shape index (κ3) is 4.44. The lowest BCUT2D eigenvalue weighted by Crippen LogP contribution is -2.42. The molecule has 0 spiro atoms. The zero-order valence-electron chi connectivity index (χ0n) is 16.6. The molecular weight excluding hydrogens is 370 g/mol. The number of benzene rings is 2. The van der Waals surface area contributed by atoms with Crippen molar-refractivity contribution >= 4 is 10.0 Å². The summed E-state index contributed by atoms with van der Waals surface area (Å²) in [5.74, 6) is 0.128. The molecule has 0 radical (unpaired) electrons. The third-order valence-corrected chi connectivity index (χ3v) is 7.34. The van der Waals surface area contributed by atoms with Crippen LogP contribution in [0, 0.1) is 11.3 Å². The number of likely N-dealkylation sites (N-methyl/N-ethyl adjacent to an activating group) is 1. The van der Waals surface area contributed by atoms with Gasteiger partial charge in [-0.15, -0.1) is 0 Å². The van der Waals surface area contributed by atoms with Crippen LogP contribution in [-0.2, 0) is 10.0 Å². The van der Waals surface area contributed by atoms with E-state index in [9.17, 15) is 8.42 Å². The number of rotatable bonds is 6. The minimum absolute atomic E-state index is 0.117. The highest BCUT2D eigenvalue weighted by atomic mass is 32.2. The van der Waals surface area contributed by atoms with Crippen molar-refractivity contribution < 1.29 is 8.42 Å². The molecule has 1 aliphatic heterocycles. The van der Waals surface area contributed by atoms with E-state index in [0.29, 0.717) is 5.56 Å². The normalized spacial score (nSPS) is 20.4. The van der Waals surface area contributed by atoms with Crippen LogP contribution in [0.25, 0.3) is 11.1 Å². The summed E-state index contributed by atoms with van der Waals surface area (Å²) < 4.78 is 27.7. The molecule has 2 aromatic carbocycles. The minimum atomic E-state index is -3.31. The van der Waals surface area contributed by atoms with Crippen LogP contribution in [0.4, 0.5) is 0 Å². The maximum atomic E-state index is 12.4. The van der Waals surface area contributed by atoms with E-state index in [-0.39, 0.29) is 12.0 Å². The van der Waals surface area contributed by atoms with Crippen molar-refractivity contribution in [1.29, 1.82) is 5.26 Å². The Morgan fingerprint density at radius 3 is 2.14 bits per heavy atom. The highest BCUT2D eigenvalue weighted by Gasteiger charge is 2.36. The van der Waals surface area contributed by atoms with Crippen molar-refractivity contribution in [3.05, 3.63) is 59.7 Å². The monoisotopic (exact) mass is 397 g/mol. The van der Waals surface area contributed by atoms with Crippen LogP contribution in [0.2, 0.25) is 0 Å². The predicted octanol–water partition coefficient (Wildman–Crippen LogP) is 3.34. The Bertz CT molecular complexity index is 945. The summed E-state index contributed by atoms with van der Waals surface area (Å²) >= 11 is 0. The van der Waals surface area contributed by atoms with E-state index >= 15 is 0 Å². The van der Waals surface area contributed by atoms with Gasteiger partial charge in [0.15, 0.2) is 0 Å². The Labute approximate surface area is 168 Å². The van der Waals surface area contributed by atoms with E-state index in [0.717, 1.165) is 36.3 Å². The molecule has 1 N–H and O–H groups in total. The maximum absolute atomic E-state index is 12.4. The molecule has 1 fully saturated rings. The summed E-state index contributed by atoms with van der Waals surface area (Å²) in [6, 6.07) is 17.9. The van der Waals surface area contributed by atoms with Crippen molar-refractivity contribution in [1.82, 2.24) is 9.62 Å². The molecule has 3 rings (SSSR count). The summed E-state index contributed by atoms with van der Waals surface area (Å²) in [5.41, 5.74) is 3.93. The molecule has 2 aromatic rings. The number of hydrogen-bond acceptors (Lipinski definition) is 4. The van der Waals surface area contributed by atoms with Gasteiger partial charge in [-0.05, 0) is 49.2 Å². The first-order valence-corrected chi connectivity index (χ1v) is 11.2. The lowest BCUT2D eigenvalue weighted by atomic mass is 9.93. The van der Waals surface area contributed by atoms with E-state index < -0.39 is 15.3 Å². The zero-order valence-corrected chi connectivity index (χ0v) is 17.4. The van der Waals surface area contributed by atoms with Gasteiger partial charge in [0.2, 0.25) is 10.0 Å². The van der Waals surface area contributed by atoms with E-state index in [1.54, 1.807) is 13.8 Å². The summed E-state index contributed by atoms with van der Waals surface area (Å²) in [7, 11) is -3.31. The second-order valence-electron chi connectivity index (χ2n) is 7.59. The lowest BCUT2D eigenvalue weighted by Gasteiger charge is -2.22. The molecule has 1 heterocycles. The van der Waals surface area contributed by atoms with Crippen LogP contribution in [-0.4, -0.2) is 44.2 Å². The minimum Gasteiger partial charge on any atom is -0.301 e. The first-order chi connectivity index (χ1) is 13.3. The quantitative estimate of drug-likeness (QED) is 0.811. The van der Waals surface area contributed by atoms with Gasteiger partial charge in [-0.3, -0.25) is 0 Å². The second-order valence-corrected chi connectivity index (χ2v) is 9.86. The van der Waals surface area contributed by atoms with E-state index in [1.807, 2.05) is 24.3 Å². The predicted molar refractivity (Wildman–Crippen MR) is 112 cm³/mol. The van der Waals surface area contributed by atoms with Crippen LogP contribution in [0.15, 0.2) is 48.5 Å². The molecule has 6 heteroatoms. The van der Waals surface area contributed by atoms with E-state index in [1.165, 1.54) is 0 Å². The van der Waals surface area contributed by atoms with Gasteiger partial charge >= 0.3 is 0 Å². The Morgan fingerprint density at radius 2 is 1.64 bits per heavy atom. The van der Waals surface area contributed by atoms with Crippen LogP contribution in [0.1, 0.15) is 37.8 Å². The molecule has 148 valence electrons. The largest absolute Gasteiger partial charge is 0.301 e. The highest BCUT2D eigenvalue weighted by molar-refractivity contribution is 7.90. The average molecular weight is 398 g/mol. The molecule has 2 atom stereocenters. The number of nitrogens with zero attached hydrogens (tertiary/aromatic N) is 2. The number of likely N-dealkylation sites (tertiary alicyclic amines) is 1. The number of nitriles is 1. The highest BCUT2D eigenvalue weighted by Crippen LogP contribution is 2.30. The first-order valence-electron chi connectivity index (χ1n) is 9.68. The Hall–Kier alpha value is -2.20. The molecule has 1 saturated heterocycles. The molecule has 0 aliphatic carbocycles. The number of hydrogen-bond donors (Lipinski definition) is 1. The van der Waals surface area contributed by atoms with Crippen LogP contribution < -0.4 is 4.72 Å². The van der Waals surface area contributed by atoms with Gasteiger partial charge in [0.1, 0.15) is 0 Å². The third-order valence-electron chi connectivity index (χ3n) is 5.47. The fraction of sp³-hybridized carbons (Fsp3) is 0.409. The van der Waals surface area contributed by atoms with Gasteiger partial charge in [-0.25, -0.2) is 13.1 Å². The molecule has 0 aromatic heterocycles. The standard InChI is InChI=1S/C22H27N3O2S/c1-4-25-14-21(22(15-25)24-28(26,27)16(2)3)20-11-9-19(10-12-20)18-7-5-17(13-23)6-8-18/h5-12,16,21-22,24H,4,14-15H2,1-3H3/t21-,22+/m0/s1. The molecule has 0 saturated carbocycles. The Kier molecular flexibility index (Phi) is 6.19. The molecule has 0 unspecified atom stereocenters. The van der Waals surface area contributed by atoms with Crippen molar-refractivity contribution in [2.75, 3.05) is 19.6 Å². The van der Waals surface area contributed by atoms with Crippen molar-refractivity contribution in [2.24, 2.45) is 0 Å². The SMILES string of the molecule is CCN1C[C@@H](NS(=O)(=O)C(C)C)[C@H](c2ccc(-c3ccc(C#N)cc3)cc2)C1. The smallest absolute Gasteiger partial charge is 0.214 e. The van der Waals surface area contributed by atoms with Gasteiger partial charge in [-0.2, -0.15) is 5.26 Å². The fourth-order valence-electron chi connectivity index (χ4n) is 3.61. The summed E-state index contributed by atoms with van der Waals surface area (Å²) in [4.78, 5) is 2.28. The number of sulfonamides is 1.